The van der Waals surface area contributed by atoms with Gasteiger partial charge in [0.1, 0.15) is 0 Å². The number of allylic oxidation sites excluding steroid dienone is 7. The third-order valence-electron chi connectivity index (χ3n) is 8.43. The molecule has 5 nitrogen and oxygen atoms in total. The first-order chi connectivity index (χ1) is 20.5. The first kappa shape index (κ1) is 40.6. The van der Waals surface area contributed by atoms with E-state index in [4.69, 9.17) is 5.73 Å². The van der Waals surface area contributed by atoms with Crippen molar-refractivity contribution in [3.8, 4) is 0 Å². The van der Waals surface area contributed by atoms with Crippen molar-refractivity contribution in [3.05, 3.63) is 47.7 Å². The second-order valence-corrected chi connectivity index (χ2v) is 11.6. The minimum atomic E-state index is 0.555. The van der Waals surface area contributed by atoms with Crippen molar-refractivity contribution >= 4 is 0 Å². The number of nitrogens with zero attached hydrogens (tertiary/aromatic N) is 3. The van der Waals surface area contributed by atoms with Crippen molar-refractivity contribution in [1.82, 2.24) is 20.0 Å². The molecular formula is C37H73N5. The number of rotatable bonds is 16. The molecule has 0 saturated carbocycles. The standard InChI is InChI=1S/C28H54N4.C7H13N.C2H6/c1-5-8-14-22-31(6-2)27-18-15-21-30(23-19-27)25-28(32(7-3)24-20-29-4)26-16-12-10-9-11-13-17-26;1-3-4-5-6-7(2)8;1-2/h10,12,17,27-29H,5-9,11,13-16,18-25H2,1-4H3;3-4,6H,5,8H2,1-2H3;1-2H3/b12-10-,26-17+;4-3-,7-6-;. The third-order valence-corrected chi connectivity index (χ3v) is 8.43. The lowest BCUT2D eigenvalue weighted by Gasteiger charge is -2.37. The Bertz CT molecular complexity index is 722. The van der Waals surface area contributed by atoms with Gasteiger partial charge in [-0.25, -0.2) is 0 Å². The predicted octanol–water partition coefficient (Wildman–Crippen LogP) is 8.16. The average molecular weight is 588 g/mol. The molecule has 3 N–H and O–H groups in total. The third kappa shape index (κ3) is 19.0. The summed E-state index contributed by atoms with van der Waals surface area (Å²) in [5, 5.41) is 3.38. The quantitative estimate of drug-likeness (QED) is 0.141. The van der Waals surface area contributed by atoms with Crippen molar-refractivity contribution in [2.45, 2.75) is 131 Å². The predicted molar refractivity (Wildman–Crippen MR) is 190 cm³/mol. The van der Waals surface area contributed by atoms with Gasteiger partial charge >= 0.3 is 0 Å². The summed E-state index contributed by atoms with van der Waals surface area (Å²) in [4.78, 5) is 8.31. The molecule has 1 fully saturated rings. The summed E-state index contributed by atoms with van der Waals surface area (Å²) in [6.07, 6.45) is 27.5. The van der Waals surface area contributed by atoms with Crippen molar-refractivity contribution in [2.24, 2.45) is 5.73 Å². The van der Waals surface area contributed by atoms with Crippen LogP contribution in [0, 0.1) is 0 Å². The summed E-state index contributed by atoms with van der Waals surface area (Å²) in [6.45, 7) is 24.5. The van der Waals surface area contributed by atoms with Crippen LogP contribution in [0.2, 0.25) is 0 Å². The van der Waals surface area contributed by atoms with Crippen molar-refractivity contribution in [3.63, 3.8) is 0 Å². The van der Waals surface area contributed by atoms with Gasteiger partial charge in [-0.2, -0.15) is 0 Å². The molecule has 0 aromatic carbocycles. The van der Waals surface area contributed by atoms with Crippen LogP contribution >= 0.6 is 0 Å². The van der Waals surface area contributed by atoms with E-state index in [1.807, 2.05) is 39.8 Å². The molecule has 0 spiro atoms. The Balaban J connectivity index is 0.00000145. The summed E-state index contributed by atoms with van der Waals surface area (Å²) in [5.74, 6) is 0. The Morgan fingerprint density at radius 3 is 2.48 bits per heavy atom. The van der Waals surface area contributed by atoms with Gasteiger partial charge < -0.3 is 20.9 Å². The lowest BCUT2D eigenvalue weighted by molar-refractivity contribution is 0.156. The van der Waals surface area contributed by atoms with E-state index < -0.39 is 0 Å². The zero-order valence-corrected chi connectivity index (χ0v) is 29.5. The maximum absolute atomic E-state index is 5.36. The fourth-order valence-electron chi connectivity index (χ4n) is 5.96. The van der Waals surface area contributed by atoms with Gasteiger partial charge in [-0.15, -0.1) is 0 Å². The highest BCUT2D eigenvalue weighted by Gasteiger charge is 2.27. The number of nitrogens with one attached hydrogen (secondary N) is 1. The fraction of sp³-hybridized carbons (Fsp3) is 0.784. The Labute approximate surface area is 263 Å². The van der Waals surface area contributed by atoms with Crippen LogP contribution in [0.1, 0.15) is 119 Å². The number of hydrogen-bond donors (Lipinski definition) is 2. The van der Waals surface area contributed by atoms with E-state index in [0.29, 0.717) is 6.04 Å². The van der Waals surface area contributed by atoms with Crippen LogP contribution in [0.4, 0.5) is 0 Å². The van der Waals surface area contributed by atoms with Crippen LogP contribution in [-0.4, -0.2) is 86.2 Å². The van der Waals surface area contributed by atoms with E-state index >= 15 is 0 Å². The van der Waals surface area contributed by atoms with E-state index in [-0.39, 0.29) is 0 Å². The molecule has 1 heterocycles. The van der Waals surface area contributed by atoms with Crippen LogP contribution in [0.15, 0.2) is 47.7 Å². The molecule has 1 aliphatic heterocycles. The van der Waals surface area contributed by atoms with Gasteiger partial charge in [0.05, 0.1) is 0 Å². The molecule has 2 unspecified atom stereocenters. The summed E-state index contributed by atoms with van der Waals surface area (Å²) in [6, 6.07) is 1.34. The normalized spacial score (nSPS) is 21.3. The summed E-state index contributed by atoms with van der Waals surface area (Å²) < 4.78 is 0. The molecule has 42 heavy (non-hydrogen) atoms. The van der Waals surface area contributed by atoms with Gasteiger partial charge in [0, 0.05) is 37.4 Å². The molecule has 2 rings (SSSR count). The average Bonchev–Trinajstić information content (AvgIpc) is 3.22. The largest absolute Gasteiger partial charge is 0.403 e. The van der Waals surface area contributed by atoms with E-state index in [1.165, 1.54) is 90.5 Å². The Kier molecular flexibility index (Phi) is 27.4. The smallest absolute Gasteiger partial charge is 0.0438 e. The highest BCUT2D eigenvalue weighted by atomic mass is 15.2. The number of unbranched alkanes of at least 4 members (excludes halogenated alkanes) is 2. The summed E-state index contributed by atoms with van der Waals surface area (Å²) in [5.41, 5.74) is 7.91. The van der Waals surface area contributed by atoms with Gasteiger partial charge in [-0.1, -0.05) is 89.5 Å². The summed E-state index contributed by atoms with van der Waals surface area (Å²) >= 11 is 0. The Morgan fingerprint density at radius 1 is 1.05 bits per heavy atom. The number of likely N-dealkylation sites (N-methyl/N-ethyl adjacent to an activating group) is 2. The van der Waals surface area contributed by atoms with Gasteiger partial charge in [0.25, 0.3) is 0 Å². The molecule has 246 valence electrons. The number of nitrogens with two attached hydrogens (primary N) is 1. The minimum Gasteiger partial charge on any atom is -0.403 e. The molecule has 0 radical (unpaired) electrons. The maximum atomic E-state index is 5.36. The molecule has 1 aliphatic carbocycles. The molecule has 0 aromatic heterocycles. The van der Waals surface area contributed by atoms with E-state index in [9.17, 15) is 0 Å². The van der Waals surface area contributed by atoms with Crippen LogP contribution in [0.3, 0.4) is 0 Å². The number of likely N-dealkylation sites (tertiary alicyclic amines) is 1. The molecule has 2 atom stereocenters. The lowest BCUT2D eigenvalue weighted by atomic mass is 9.96. The SMILES string of the molecule is C/C=C\C/C=C(/C)N.CC.CCCCCN(CC)C1CCCN(CC(/C2=C/CCC/C=C\C2)N(CC)CCNC)CC1. The van der Waals surface area contributed by atoms with Crippen LogP contribution < -0.4 is 11.1 Å². The topological polar surface area (TPSA) is 47.8 Å². The van der Waals surface area contributed by atoms with Crippen LogP contribution in [0.5, 0.6) is 0 Å². The highest BCUT2D eigenvalue weighted by molar-refractivity contribution is 5.17. The van der Waals surface area contributed by atoms with E-state index in [1.54, 1.807) is 5.57 Å². The zero-order chi connectivity index (χ0) is 31.4. The van der Waals surface area contributed by atoms with Gasteiger partial charge in [0.15, 0.2) is 0 Å². The van der Waals surface area contributed by atoms with Gasteiger partial charge in [-0.3, -0.25) is 4.90 Å². The molecule has 2 aliphatic rings. The number of hydrogen-bond acceptors (Lipinski definition) is 5. The first-order valence-corrected chi connectivity index (χ1v) is 17.7. The Morgan fingerprint density at radius 2 is 1.83 bits per heavy atom. The minimum absolute atomic E-state index is 0.555. The molecular weight excluding hydrogens is 514 g/mol. The second kappa shape index (κ2) is 28.4. The highest BCUT2D eigenvalue weighted by Crippen LogP contribution is 2.23. The van der Waals surface area contributed by atoms with E-state index in [2.05, 4.69) is 72.1 Å². The van der Waals surface area contributed by atoms with E-state index in [0.717, 1.165) is 44.2 Å². The van der Waals surface area contributed by atoms with Gasteiger partial charge in [-0.05, 0) is 111 Å². The molecule has 5 heteroatoms. The molecule has 0 bridgehead atoms. The molecule has 0 aromatic rings. The summed E-state index contributed by atoms with van der Waals surface area (Å²) in [7, 11) is 2.08. The zero-order valence-electron chi connectivity index (χ0n) is 29.5. The monoisotopic (exact) mass is 588 g/mol. The van der Waals surface area contributed by atoms with Crippen molar-refractivity contribution in [1.29, 1.82) is 0 Å². The maximum Gasteiger partial charge on any atom is 0.0438 e. The van der Waals surface area contributed by atoms with Crippen LogP contribution in [-0.2, 0) is 0 Å². The van der Waals surface area contributed by atoms with Crippen molar-refractivity contribution in [2.75, 3.05) is 59.4 Å². The van der Waals surface area contributed by atoms with Crippen molar-refractivity contribution < 1.29 is 0 Å². The fourth-order valence-corrected chi connectivity index (χ4v) is 5.96. The second-order valence-electron chi connectivity index (χ2n) is 11.6. The lowest BCUT2D eigenvalue weighted by Crippen LogP contribution is -2.47. The Hall–Kier alpha value is -1.40. The van der Waals surface area contributed by atoms with Gasteiger partial charge in [0.2, 0.25) is 0 Å². The van der Waals surface area contributed by atoms with Crippen LogP contribution in [0.25, 0.3) is 0 Å². The molecule has 1 saturated heterocycles. The first-order valence-electron chi connectivity index (χ1n) is 17.7. The molecule has 0 amide bonds.